The Bertz CT molecular complexity index is 886. The molecule has 1 aliphatic carbocycles. The molecule has 2 atom stereocenters. The second kappa shape index (κ2) is 5.81. The van der Waals surface area contributed by atoms with E-state index in [9.17, 15) is 23.4 Å². The van der Waals surface area contributed by atoms with Gasteiger partial charge in [0, 0.05) is 23.6 Å². The molecule has 3 heterocycles. The molecule has 138 valence electrons. The van der Waals surface area contributed by atoms with Crippen molar-refractivity contribution in [1.29, 1.82) is 0 Å². The summed E-state index contributed by atoms with van der Waals surface area (Å²) in [4.78, 5) is 2.21. The molecule has 0 saturated carbocycles. The maximum absolute atomic E-state index is 13.0. The Balaban J connectivity index is 1.85. The maximum atomic E-state index is 13.0. The lowest BCUT2D eigenvalue weighted by Crippen LogP contribution is -2.39. The van der Waals surface area contributed by atoms with E-state index in [0.29, 0.717) is 11.1 Å². The Morgan fingerprint density at radius 3 is 2.54 bits per heavy atom. The molecule has 2 N–H and O–H groups in total. The Morgan fingerprint density at radius 2 is 1.85 bits per heavy atom. The molecule has 4 nitrogen and oxygen atoms in total. The van der Waals surface area contributed by atoms with Crippen LogP contribution in [0.3, 0.4) is 0 Å². The molecule has 0 spiro atoms. The second-order valence-corrected chi connectivity index (χ2v) is 6.79. The zero-order valence-corrected chi connectivity index (χ0v) is 14.2. The molecule has 3 aliphatic rings. The summed E-state index contributed by atoms with van der Waals surface area (Å²) in [6.45, 7) is 3.64. The number of hydrogen-bond donors (Lipinski definition) is 2. The third-order valence-corrected chi connectivity index (χ3v) is 5.15. The molecular weight excluding hydrogens is 345 g/mol. The van der Waals surface area contributed by atoms with E-state index in [1.165, 1.54) is 12.1 Å². The van der Waals surface area contributed by atoms with Gasteiger partial charge in [-0.05, 0) is 31.2 Å². The van der Waals surface area contributed by atoms with E-state index in [1.54, 1.807) is 0 Å². The van der Waals surface area contributed by atoms with Crippen LogP contribution in [0.25, 0.3) is 5.69 Å². The van der Waals surface area contributed by atoms with Crippen LogP contribution in [0.1, 0.15) is 42.0 Å². The smallest absolute Gasteiger partial charge is 0.416 e. The van der Waals surface area contributed by atoms with Crippen LogP contribution >= 0.6 is 0 Å². The standard InChI is InChI=1S/C19H19F3N2O2/c1-2-8-23-10-11-6-7-14(23)16-15(11)17(25)24(18(16)26)13-5-3-4-12(9-13)19(20,21)22/h3-7,9,11,14,25-26H,2,8,10H2,1H3/t11?,14-/m1/s1. The minimum absolute atomic E-state index is 0.0838. The molecule has 5 rings (SSSR count). The van der Waals surface area contributed by atoms with Crippen LogP contribution in [0.4, 0.5) is 13.2 Å². The first kappa shape index (κ1) is 17.0. The lowest BCUT2D eigenvalue weighted by atomic mass is 9.82. The van der Waals surface area contributed by atoms with Gasteiger partial charge >= 0.3 is 6.18 Å². The Morgan fingerprint density at radius 1 is 1.12 bits per heavy atom. The minimum atomic E-state index is -4.49. The van der Waals surface area contributed by atoms with Gasteiger partial charge < -0.3 is 10.2 Å². The lowest BCUT2D eigenvalue weighted by Gasteiger charge is -2.41. The van der Waals surface area contributed by atoms with Crippen LogP contribution in [0.15, 0.2) is 36.4 Å². The van der Waals surface area contributed by atoms with Gasteiger partial charge in [-0.3, -0.25) is 9.47 Å². The molecule has 2 bridgehead atoms. The van der Waals surface area contributed by atoms with Crippen molar-refractivity contribution < 1.29 is 23.4 Å². The SMILES string of the molecule is CCCN1CC2C=C[C@@H]1c1c2c(O)n(-c2cccc(C(F)(F)F)c2)c1O. The second-order valence-electron chi connectivity index (χ2n) is 6.79. The molecule has 2 aromatic rings. The van der Waals surface area contributed by atoms with Crippen LogP contribution in [-0.4, -0.2) is 32.8 Å². The molecule has 1 aromatic carbocycles. The van der Waals surface area contributed by atoms with Crippen molar-refractivity contribution in [3.8, 4) is 17.4 Å². The van der Waals surface area contributed by atoms with Crippen LogP contribution in [-0.2, 0) is 6.18 Å². The van der Waals surface area contributed by atoms with Gasteiger partial charge in [0.15, 0.2) is 0 Å². The average molecular weight is 364 g/mol. The third-order valence-electron chi connectivity index (χ3n) is 5.15. The van der Waals surface area contributed by atoms with Crippen molar-refractivity contribution in [2.75, 3.05) is 13.1 Å². The van der Waals surface area contributed by atoms with Crippen LogP contribution < -0.4 is 0 Å². The highest BCUT2D eigenvalue weighted by Gasteiger charge is 2.42. The predicted molar refractivity (Wildman–Crippen MR) is 90.6 cm³/mol. The lowest BCUT2D eigenvalue weighted by molar-refractivity contribution is -0.137. The minimum Gasteiger partial charge on any atom is -0.494 e. The quantitative estimate of drug-likeness (QED) is 0.797. The summed E-state index contributed by atoms with van der Waals surface area (Å²) in [5.41, 5.74) is 0.465. The average Bonchev–Trinajstić information content (AvgIpc) is 2.88. The first-order chi connectivity index (χ1) is 12.3. The largest absolute Gasteiger partial charge is 0.494 e. The number of nitrogens with zero attached hydrogens (tertiary/aromatic N) is 2. The van der Waals surface area contributed by atoms with Gasteiger partial charge in [-0.15, -0.1) is 0 Å². The zero-order valence-electron chi connectivity index (χ0n) is 14.2. The normalized spacial score (nSPS) is 22.0. The first-order valence-corrected chi connectivity index (χ1v) is 8.59. The van der Waals surface area contributed by atoms with Crippen molar-refractivity contribution >= 4 is 0 Å². The van der Waals surface area contributed by atoms with Crippen LogP contribution in [0.5, 0.6) is 11.8 Å². The van der Waals surface area contributed by atoms with Crippen molar-refractivity contribution in [2.24, 2.45) is 0 Å². The van der Waals surface area contributed by atoms with Crippen LogP contribution in [0, 0.1) is 0 Å². The number of alkyl halides is 3. The van der Waals surface area contributed by atoms with Gasteiger partial charge in [0.2, 0.25) is 11.8 Å². The van der Waals surface area contributed by atoms with E-state index in [2.05, 4.69) is 11.8 Å². The van der Waals surface area contributed by atoms with E-state index >= 15 is 0 Å². The van der Waals surface area contributed by atoms with Crippen molar-refractivity contribution in [2.45, 2.75) is 31.5 Å². The van der Waals surface area contributed by atoms with Crippen molar-refractivity contribution in [1.82, 2.24) is 9.47 Å². The van der Waals surface area contributed by atoms with E-state index in [4.69, 9.17) is 0 Å². The fourth-order valence-electron chi connectivity index (χ4n) is 4.08. The number of benzene rings is 1. The van der Waals surface area contributed by atoms with Gasteiger partial charge in [-0.2, -0.15) is 13.2 Å². The van der Waals surface area contributed by atoms with Crippen LogP contribution in [0.2, 0.25) is 0 Å². The third kappa shape index (κ3) is 2.41. The molecule has 0 saturated heterocycles. The Hall–Kier alpha value is -2.41. The summed E-state index contributed by atoms with van der Waals surface area (Å²) < 4.78 is 40.2. The molecule has 26 heavy (non-hydrogen) atoms. The molecule has 0 fully saturated rings. The van der Waals surface area contributed by atoms with Gasteiger partial charge in [-0.1, -0.05) is 25.1 Å². The molecule has 0 radical (unpaired) electrons. The number of halogens is 3. The number of rotatable bonds is 3. The molecule has 0 amide bonds. The van der Waals surface area contributed by atoms with Gasteiger partial charge in [0.1, 0.15) is 0 Å². The number of aromatic nitrogens is 1. The molecule has 1 aromatic heterocycles. The Kier molecular flexibility index (Phi) is 3.80. The molecule has 1 unspecified atom stereocenters. The van der Waals surface area contributed by atoms with E-state index in [1.807, 2.05) is 12.2 Å². The highest BCUT2D eigenvalue weighted by molar-refractivity contribution is 5.60. The zero-order chi connectivity index (χ0) is 18.6. The fraction of sp³-hybridized carbons (Fsp3) is 0.368. The molecule has 7 heteroatoms. The first-order valence-electron chi connectivity index (χ1n) is 8.59. The summed E-state index contributed by atoms with van der Waals surface area (Å²) in [7, 11) is 0. The summed E-state index contributed by atoms with van der Waals surface area (Å²) in [6.07, 6.45) is 0.441. The number of aromatic hydroxyl groups is 2. The molecular formula is C19H19F3N2O2. The fourth-order valence-corrected chi connectivity index (χ4v) is 4.08. The molecule has 2 aliphatic heterocycles. The Labute approximate surface area is 148 Å². The van der Waals surface area contributed by atoms with Gasteiger partial charge in [-0.25, -0.2) is 0 Å². The van der Waals surface area contributed by atoms with Crippen molar-refractivity contribution in [3.63, 3.8) is 0 Å². The van der Waals surface area contributed by atoms with Gasteiger partial charge in [0.05, 0.1) is 17.3 Å². The summed E-state index contributed by atoms with van der Waals surface area (Å²) in [5, 5.41) is 21.5. The summed E-state index contributed by atoms with van der Waals surface area (Å²) in [5.74, 6) is -0.469. The highest BCUT2D eigenvalue weighted by Crippen LogP contribution is 2.52. The van der Waals surface area contributed by atoms with E-state index in [-0.39, 0.29) is 29.4 Å². The van der Waals surface area contributed by atoms with Gasteiger partial charge in [0.25, 0.3) is 0 Å². The summed E-state index contributed by atoms with van der Waals surface area (Å²) >= 11 is 0. The van der Waals surface area contributed by atoms with E-state index in [0.717, 1.165) is 36.2 Å². The predicted octanol–water partition coefficient (Wildman–Crippen LogP) is 4.33. The topological polar surface area (TPSA) is 48.6 Å². The number of hydrogen-bond acceptors (Lipinski definition) is 3. The monoisotopic (exact) mass is 364 g/mol. The summed E-state index contributed by atoms with van der Waals surface area (Å²) in [6, 6.07) is 4.44. The maximum Gasteiger partial charge on any atom is 0.416 e. The van der Waals surface area contributed by atoms with Crippen molar-refractivity contribution in [3.05, 3.63) is 53.1 Å². The highest BCUT2D eigenvalue weighted by atomic mass is 19.4. The van der Waals surface area contributed by atoms with E-state index < -0.39 is 11.7 Å². The number of fused-ring (bicyclic) bond motifs is 1.